The summed E-state index contributed by atoms with van der Waals surface area (Å²) >= 11 is 12.5. The van der Waals surface area contributed by atoms with Crippen LogP contribution in [0.15, 0.2) is 36.5 Å². The fraction of sp³-hybridized carbons (Fsp3) is 0.444. The molecule has 0 bridgehead atoms. The van der Waals surface area contributed by atoms with Gasteiger partial charge in [-0.1, -0.05) is 34.5 Å². The Morgan fingerprint density at radius 1 is 1.17 bits per heavy atom. The highest BCUT2D eigenvalue weighted by molar-refractivity contribution is 6.35. The zero-order chi connectivity index (χ0) is 30.3. The van der Waals surface area contributed by atoms with E-state index in [0.29, 0.717) is 0 Å². The first-order chi connectivity index (χ1) is 20.0. The van der Waals surface area contributed by atoms with E-state index in [2.05, 4.69) is 10.3 Å². The third kappa shape index (κ3) is 5.63. The van der Waals surface area contributed by atoms with E-state index >= 15 is 0 Å². The zero-order valence-corrected chi connectivity index (χ0v) is 23.9. The highest BCUT2D eigenvalue weighted by Gasteiger charge is 2.52. The SMILES string of the molecule is CO[C@@H]1[C@@H](n2cc(-c3ccc(C)c(F)c3F)nn2)[C@@H](O)[C@@H](CO)O[C@H]1C(=O)N(c1cc(Cl)cc(Cl)c1)[C@H]1COC[C@@H]1O. The van der Waals surface area contributed by atoms with Crippen molar-refractivity contribution in [3.8, 4) is 11.3 Å². The first-order valence-corrected chi connectivity index (χ1v) is 13.7. The van der Waals surface area contributed by atoms with Crippen molar-refractivity contribution >= 4 is 34.8 Å². The molecule has 3 heterocycles. The molecule has 226 valence electrons. The van der Waals surface area contributed by atoms with Crippen molar-refractivity contribution in [3.63, 3.8) is 0 Å². The summed E-state index contributed by atoms with van der Waals surface area (Å²) < 4.78 is 47.1. The van der Waals surface area contributed by atoms with Crippen LogP contribution < -0.4 is 4.90 Å². The number of benzene rings is 2. The lowest BCUT2D eigenvalue weighted by Crippen LogP contribution is -2.63. The average Bonchev–Trinajstić information content (AvgIpc) is 3.60. The van der Waals surface area contributed by atoms with Crippen molar-refractivity contribution in [2.24, 2.45) is 0 Å². The van der Waals surface area contributed by atoms with Crippen molar-refractivity contribution in [2.45, 2.75) is 49.5 Å². The molecule has 5 rings (SSSR count). The highest BCUT2D eigenvalue weighted by atomic mass is 35.5. The van der Waals surface area contributed by atoms with Gasteiger partial charge in [0.15, 0.2) is 17.7 Å². The second kappa shape index (κ2) is 12.5. The van der Waals surface area contributed by atoms with Crippen molar-refractivity contribution in [1.82, 2.24) is 15.0 Å². The molecule has 2 aliphatic rings. The van der Waals surface area contributed by atoms with Crippen LogP contribution in [-0.4, -0.2) is 99.7 Å². The quantitative estimate of drug-likeness (QED) is 0.360. The number of hydrogen-bond acceptors (Lipinski definition) is 9. The minimum absolute atomic E-state index is 0.0119. The van der Waals surface area contributed by atoms with Gasteiger partial charge in [0.05, 0.1) is 32.1 Å². The Morgan fingerprint density at radius 3 is 2.50 bits per heavy atom. The molecule has 2 saturated heterocycles. The van der Waals surface area contributed by atoms with Gasteiger partial charge in [-0.25, -0.2) is 13.5 Å². The molecule has 0 radical (unpaired) electrons. The standard InChI is InChI=1S/C27H28Cl2F2N4O7/c1-12-3-4-16(22(31)21(12)30)17-8-34(33-32-17)23-24(38)20(9-36)42-26(25(23)40-2)27(39)35(18-10-41-11-19(18)37)15-6-13(28)5-14(29)7-15/h3-8,18-20,23-26,36-38H,9-11H2,1-2H3/t18-,19-,20+,23-,24-,25+,26+/m0/s1. The summed E-state index contributed by atoms with van der Waals surface area (Å²) in [6, 6.07) is 5.15. The van der Waals surface area contributed by atoms with Gasteiger partial charge in [-0.15, -0.1) is 5.10 Å². The number of aliphatic hydroxyl groups is 3. The molecular formula is C27H28Cl2F2N4O7. The predicted octanol–water partition coefficient (Wildman–Crippen LogP) is 2.31. The minimum atomic E-state index is -1.47. The Hall–Kier alpha value is -2.75. The second-order valence-electron chi connectivity index (χ2n) is 10.1. The molecule has 1 aromatic heterocycles. The number of aliphatic hydroxyl groups excluding tert-OH is 3. The van der Waals surface area contributed by atoms with Crippen LogP contribution in [0.3, 0.4) is 0 Å². The molecule has 0 unspecified atom stereocenters. The fourth-order valence-electron chi connectivity index (χ4n) is 5.32. The van der Waals surface area contributed by atoms with E-state index < -0.39 is 66.8 Å². The number of nitrogens with zero attached hydrogens (tertiary/aromatic N) is 4. The van der Waals surface area contributed by atoms with E-state index in [4.69, 9.17) is 37.4 Å². The summed E-state index contributed by atoms with van der Waals surface area (Å²) in [4.78, 5) is 15.5. The monoisotopic (exact) mass is 628 g/mol. The van der Waals surface area contributed by atoms with Crippen molar-refractivity contribution in [1.29, 1.82) is 0 Å². The number of carbonyl (C=O) groups excluding carboxylic acids is 1. The van der Waals surface area contributed by atoms with Gasteiger partial charge in [-0.05, 0) is 36.8 Å². The molecule has 11 nitrogen and oxygen atoms in total. The lowest BCUT2D eigenvalue weighted by Gasteiger charge is -2.45. The van der Waals surface area contributed by atoms with E-state index in [1.165, 1.54) is 55.5 Å². The number of amides is 1. The molecule has 2 fully saturated rings. The number of anilines is 1. The van der Waals surface area contributed by atoms with Gasteiger partial charge in [0.25, 0.3) is 5.91 Å². The number of halogens is 4. The lowest BCUT2D eigenvalue weighted by molar-refractivity contribution is -0.211. The van der Waals surface area contributed by atoms with Gasteiger partial charge < -0.3 is 34.4 Å². The predicted molar refractivity (Wildman–Crippen MR) is 146 cm³/mol. The topological polar surface area (TPSA) is 139 Å². The summed E-state index contributed by atoms with van der Waals surface area (Å²) in [6.07, 6.45) is -5.24. The summed E-state index contributed by atoms with van der Waals surface area (Å²) in [5.41, 5.74) is 0.155. The van der Waals surface area contributed by atoms with Crippen LogP contribution in [0.4, 0.5) is 14.5 Å². The largest absolute Gasteiger partial charge is 0.394 e. The van der Waals surface area contributed by atoms with E-state index in [0.717, 1.165) is 4.68 Å². The van der Waals surface area contributed by atoms with Crippen LogP contribution in [0.1, 0.15) is 11.6 Å². The van der Waals surface area contributed by atoms with Crippen LogP contribution >= 0.6 is 23.2 Å². The highest BCUT2D eigenvalue weighted by Crippen LogP contribution is 2.37. The van der Waals surface area contributed by atoms with Crippen molar-refractivity contribution in [2.75, 3.05) is 31.8 Å². The second-order valence-corrected chi connectivity index (χ2v) is 11.0. The number of rotatable bonds is 7. The van der Waals surface area contributed by atoms with Gasteiger partial charge in [0.2, 0.25) is 0 Å². The fourth-order valence-corrected chi connectivity index (χ4v) is 5.84. The maximum Gasteiger partial charge on any atom is 0.259 e. The maximum atomic E-state index is 14.7. The van der Waals surface area contributed by atoms with Gasteiger partial charge in [-0.3, -0.25) is 4.79 Å². The van der Waals surface area contributed by atoms with Crippen LogP contribution in [-0.2, 0) is 19.0 Å². The number of methoxy groups -OCH3 is 1. The number of hydrogen-bond donors (Lipinski definition) is 3. The molecule has 2 aromatic carbocycles. The molecule has 1 amide bonds. The van der Waals surface area contributed by atoms with Gasteiger partial charge in [0.1, 0.15) is 36.2 Å². The van der Waals surface area contributed by atoms with Gasteiger partial charge in [-0.2, -0.15) is 0 Å². The molecule has 0 saturated carbocycles. The van der Waals surface area contributed by atoms with Crippen molar-refractivity contribution in [3.05, 3.63) is 63.8 Å². The van der Waals surface area contributed by atoms with E-state index in [1.807, 2.05) is 0 Å². The Balaban J connectivity index is 1.55. The van der Waals surface area contributed by atoms with E-state index in [1.54, 1.807) is 0 Å². The minimum Gasteiger partial charge on any atom is -0.394 e. The number of ether oxygens (including phenoxy) is 3. The molecule has 42 heavy (non-hydrogen) atoms. The molecule has 3 aromatic rings. The summed E-state index contributed by atoms with van der Waals surface area (Å²) in [5, 5.41) is 40.3. The van der Waals surface area contributed by atoms with E-state index in [9.17, 15) is 28.9 Å². The number of aryl methyl sites for hydroxylation is 1. The maximum absolute atomic E-state index is 14.7. The summed E-state index contributed by atoms with van der Waals surface area (Å²) in [5.74, 6) is -2.86. The lowest BCUT2D eigenvalue weighted by atomic mass is 9.91. The average molecular weight is 629 g/mol. The van der Waals surface area contributed by atoms with Gasteiger partial charge in [0, 0.05) is 28.4 Å². The Bertz CT molecular complexity index is 1440. The Kier molecular flexibility index (Phi) is 9.11. The molecule has 15 heteroatoms. The molecule has 7 atom stereocenters. The van der Waals surface area contributed by atoms with Crippen LogP contribution in [0.2, 0.25) is 10.0 Å². The number of carbonyl (C=O) groups is 1. The van der Waals surface area contributed by atoms with Crippen LogP contribution in [0.25, 0.3) is 11.3 Å². The third-order valence-electron chi connectivity index (χ3n) is 7.47. The smallest absolute Gasteiger partial charge is 0.259 e. The zero-order valence-electron chi connectivity index (χ0n) is 22.4. The molecule has 0 spiro atoms. The summed E-state index contributed by atoms with van der Waals surface area (Å²) in [7, 11) is 1.29. The van der Waals surface area contributed by atoms with Crippen LogP contribution in [0.5, 0.6) is 0 Å². The van der Waals surface area contributed by atoms with E-state index in [-0.39, 0.29) is 45.8 Å². The number of aromatic nitrogens is 3. The van der Waals surface area contributed by atoms with Crippen LogP contribution in [0, 0.1) is 18.6 Å². The Morgan fingerprint density at radius 2 is 1.88 bits per heavy atom. The molecule has 2 aliphatic heterocycles. The van der Waals surface area contributed by atoms with Gasteiger partial charge >= 0.3 is 0 Å². The first kappa shape index (κ1) is 30.7. The Labute approximate surface area is 249 Å². The molecule has 0 aliphatic carbocycles. The molecular weight excluding hydrogens is 601 g/mol. The first-order valence-electron chi connectivity index (χ1n) is 12.9. The van der Waals surface area contributed by atoms with Crippen molar-refractivity contribution < 1.29 is 43.1 Å². The molecule has 3 N–H and O–H groups in total. The summed E-state index contributed by atoms with van der Waals surface area (Å²) in [6.45, 7) is 0.696. The third-order valence-corrected chi connectivity index (χ3v) is 7.90. The normalized spacial score (nSPS) is 27.8.